The number of hydrogen-bond acceptors (Lipinski definition) is 5. The summed E-state index contributed by atoms with van der Waals surface area (Å²) >= 11 is 1.40. The molecule has 6 nitrogen and oxygen atoms in total. The van der Waals surface area contributed by atoms with Crippen LogP contribution >= 0.6 is 11.8 Å². The first kappa shape index (κ1) is 19.9. The highest BCUT2D eigenvalue weighted by atomic mass is 32.2. The van der Waals surface area contributed by atoms with Crippen LogP contribution in [0.5, 0.6) is 5.75 Å². The summed E-state index contributed by atoms with van der Waals surface area (Å²) < 4.78 is 7.23. The first-order chi connectivity index (χ1) is 13.5. The van der Waals surface area contributed by atoms with Crippen molar-refractivity contribution in [1.82, 2.24) is 14.8 Å². The Morgan fingerprint density at radius 2 is 1.89 bits per heavy atom. The summed E-state index contributed by atoms with van der Waals surface area (Å²) in [6, 6.07) is 15.5. The maximum atomic E-state index is 12.6. The van der Waals surface area contributed by atoms with Gasteiger partial charge in [0.1, 0.15) is 5.75 Å². The first-order valence-corrected chi connectivity index (χ1v) is 10.0. The highest BCUT2D eigenvalue weighted by Crippen LogP contribution is 2.28. The van der Waals surface area contributed by atoms with E-state index in [4.69, 9.17) is 4.74 Å². The van der Waals surface area contributed by atoms with Crippen molar-refractivity contribution in [1.29, 1.82) is 0 Å². The number of carbonyl (C=O) groups excluding carboxylic acids is 1. The second-order valence-electron chi connectivity index (χ2n) is 6.34. The van der Waals surface area contributed by atoms with E-state index in [0.717, 1.165) is 33.5 Å². The van der Waals surface area contributed by atoms with E-state index in [9.17, 15) is 4.79 Å². The van der Waals surface area contributed by atoms with Crippen molar-refractivity contribution in [3.05, 3.63) is 54.1 Å². The fourth-order valence-corrected chi connectivity index (χ4v) is 3.69. The molecule has 7 heteroatoms. The number of rotatable bonds is 7. The molecule has 0 fully saturated rings. The summed E-state index contributed by atoms with van der Waals surface area (Å²) in [5, 5.41) is 12.1. The minimum absolute atomic E-state index is 0.0593. The number of nitrogens with one attached hydrogen (secondary N) is 1. The summed E-state index contributed by atoms with van der Waals surface area (Å²) in [6.45, 7) is 6.60. The fraction of sp³-hybridized carbons (Fsp3) is 0.286. The largest absolute Gasteiger partial charge is 0.497 e. The summed E-state index contributed by atoms with van der Waals surface area (Å²) in [5.74, 6) is 1.51. The number of thioether (sulfide) groups is 1. The maximum absolute atomic E-state index is 12.6. The van der Waals surface area contributed by atoms with Gasteiger partial charge in [0.25, 0.3) is 0 Å². The van der Waals surface area contributed by atoms with Gasteiger partial charge in [-0.3, -0.25) is 4.79 Å². The Labute approximate surface area is 169 Å². The fourth-order valence-electron chi connectivity index (χ4n) is 2.77. The molecule has 1 aromatic heterocycles. The van der Waals surface area contributed by atoms with E-state index >= 15 is 0 Å². The van der Waals surface area contributed by atoms with Gasteiger partial charge in [-0.2, -0.15) is 0 Å². The minimum Gasteiger partial charge on any atom is -0.497 e. The van der Waals surface area contributed by atoms with Crippen LogP contribution in [0.2, 0.25) is 0 Å². The summed E-state index contributed by atoms with van der Waals surface area (Å²) in [5.41, 5.74) is 2.82. The second kappa shape index (κ2) is 8.93. The number of para-hydroxylation sites is 1. The third-order valence-corrected chi connectivity index (χ3v) is 5.52. The average Bonchev–Trinajstić information content (AvgIpc) is 3.12. The zero-order valence-electron chi connectivity index (χ0n) is 16.5. The van der Waals surface area contributed by atoms with E-state index < -0.39 is 0 Å². The normalized spacial score (nSPS) is 11.9. The molecule has 0 aliphatic heterocycles. The molecule has 146 valence electrons. The molecule has 1 unspecified atom stereocenters. The van der Waals surface area contributed by atoms with Crippen LogP contribution in [-0.2, 0) is 11.3 Å². The van der Waals surface area contributed by atoms with Gasteiger partial charge in [0.05, 0.1) is 12.4 Å². The molecule has 3 aromatic rings. The smallest absolute Gasteiger partial charge is 0.237 e. The summed E-state index contributed by atoms with van der Waals surface area (Å²) in [7, 11) is 1.64. The molecule has 1 heterocycles. The van der Waals surface area contributed by atoms with Gasteiger partial charge < -0.3 is 14.6 Å². The van der Waals surface area contributed by atoms with E-state index in [2.05, 4.69) is 15.5 Å². The lowest BCUT2D eigenvalue weighted by molar-refractivity contribution is -0.115. The monoisotopic (exact) mass is 396 g/mol. The molecule has 0 aliphatic rings. The van der Waals surface area contributed by atoms with Crippen LogP contribution in [0.1, 0.15) is 19.4 Å². The van der Waals surface area contributed by atoms with Crippen molar-refractivity contribution in [2.75, 3.05) is 12.4 Å². The number of hydrogen-bond donors (Lipinski definition) is 1. The van der Waals surface area contributed by atoms with Crippen LogP contribution < -0.4 is 10.1 Å². The van der Waals surface area contributed by atoms with Gasteiger partial charge in [0.2, 0.25) is 5.91 Å². The topological polar surface area (TPSA) is 69.0 Å². The number of carbonyl (C=O) groups is 1. The van der Waals surface area contributed by atoms with Crippen molar-refractivity contribution in [2.45, 2.75) is 37.7 Å². The van der Waals surface area contributed by atoms with E-state index in [1.54, 1.807) is 7.11 Å². The minimum atomic E-state index is -0.308. The van der Waals surface area contributed by atoms with Crippen LogP contribution in [0.4, 0.5) is 5.69 Å². The predicted molar refractivity (Wildman–Crippen MR) is 113 cm³/mol. The van der Waals surface area contributed by atoms with Gasteiger partial charge in [-0.05, 0) is 56.7 Å². The van der Waals surface area contributed by atoms with Crippen molar-refractivity contribution >= 4 is 23.4 Å². The highest BCUT2D eigenvalue weighted by molar-refractivity contribution is 8.00. The van der Waals surface area contributed by atoms with Gasteiger partial charge >= 0.3 is 0 Å². The number of ether oxygens (including phenoxy) is 1. The highest BCUT2D eigenvalue weighted by Gasteiger charge is 2.20. The van der Waals surface area contributed by atoms with Crippen LogP contribution in [0, 0.1) is 6.92 Å². The Kier molecular flexibility index (Phi) is 6.36. The first-order valence-electron chi connectivity index (χ1n) is 9.14. The molecular weight excluding hydrogens is 372 g/mol. The lowest BCUT2D eigenvalue weighted by atomic mass is 10.2. The number of aryl methyl sites for hydroxylation is 1. The van der Waals surface area contributed by atoms with Gasteiger partial charge in [0, 0.05) is 17.8 Å². The molecule has 1 N–H and O–H groups in total. The van der Waals surface area contributed by atoms with Crippen LogP contribution in [0.15, 0.2) is 53.7 Å². The molecule has 0 saturated carbocycles. The van der Waals surface area contributed by atoms with Crippen molar-refractivity contribution in [3.8, 4) is 17.1 Å². The van der Waals surface area contributed by atoms with Gasteiger partial charge in [-0.25, -0.2) is 0 Å². The molecule has 0 saturated heterocycles. The third kappa shape index (κ3) is 4.36. The second-order valence-corrected chi connectivity index (χ2v) is 7.65. The molecule has 3 rings (SSSR count). The zero-order valence-corrected chi connectivity index (χ0v) is 17.3. The SMILES string of the molecule is CCn1c(SC(C)C(=O)Nc2ccccc2C)nnc1-c1ccc(OC)cc1. The van der Waals surface area contributed by atoms with Crippen molar-refractivity contribution < 1.29 is 9.53 Å². The van der Waals surface area contributed by atoms with Gasteiger partial charge in [-0.15, -0.1) is 10.2 Å². The van der Waals surface area contributed by atoms with Gasteiger partial charge in [0.15, 0.2) is 11.0 Å². The summed E-state index contributed by atoms with van der Waals surface area (Å²) in [6.07, 6.45) is 0. The van der Waals surface area contributed by atoms with Crippen molar-refractivity contribution in [2.24, 2.45) is 0 Å². The molecule has 28 heavy (non-hydrogen) atoms. The molecule has 1 atom stereocenters. The van der Waals surface area contributed by atoms with E-state index in [1.165, 1.54) is 11.8 Å². The Balaban J connectivity index is 1.75. The summed E-state index contributed by atoms with van der Waals surface area (Å²) in [4.78, 5) is 12.6. The standard InChI is InChI=1S/C21H24N4O2S/c1-5-25-19(16-10-12-17(27-4)13-11-16)23-24-21(25)28-15(3)20(26)22-18-9-7-6-8-14(18)2/h6-13,15H,5H2,1-4H3,(H,22,26). The molecule has 0 spiro atoms. The molecule has 0 bridgehead atoms. The molecule has 0 aliphatic carbocycles. The predicted octanol–water partition coefficient (Wildman–Crippen LogP) is 4.40. The van der Waals surface area contributed by atoms with Crippen LogP contribution in [0.3, 0.4) is 0 Å². The Bertz CT molecular complexity index is 953. The maximum Gasteiger partial charge on any atom is 0.237 e. The van der Waals surface area contributed by atoms with E-state index in [-0.39, 0.29) is 11.2 Å². The lowest BCUT2D eigenvalue weighted by Crippen LogP contribution is -2.23. The van der Waals surface area contributed by atoms with E-state index in [1.807, 2.05) is 73.9 Å². The molecule has 1 amide bonds. The number of amides is 1. The number of aromatic nitrogens is 3. The Hall–Kier alpha value is -2.80. The van der Waals surface area contributed by atoms with Crippen LogP contribution in [-0.4, -0.2) is 33.0 Å². The Morgan fingerprint density at radius 3 is 2.54 bits per heavy atom. The zero-order chi connectivity index (χ0) is 20.1. The number of anilines is 1. The number of methoxy groups -OCH3 is 1. The molecular formula is C21H24N4O2S. The number of benzene rings is 2. The third-order valence-electron chi connectivity index (χ3n) is 4.44. The Morgan fingerprint density at radius 1 is 1.18 bits per heavy atom. The average molecular weight is 397 g/mol. The quantitative estimate of drug-likeness (QED) is 0.600. The molecule has 2 aromatic carbocycles. The van der Waals surface area contributed by atoms with Crippen LogP contribution in [0.25, 0.3) is 11.4 Å². The van der Waals surface area contributed by atoms with E-state index in [0.29, 0.717) is 6.54 Å². The molecule has 0 radical (unpaired) electrons. The lowest BCUT2D eigenvalue weighted by Gasteiger charge is -2.14. The van der Waals surface area contributed by atoms with Crippen molar-refractivity contribution in [3.63, 3.8) is 0 Å². The number of nitrogens with zero attached hydrogens (tertiary/aromatic N) is 3. The van der Waals surface area contributed by atoms with Gasteiger partial charge in [-0.1, -0.05) is 30.0 Å².